The molecular weight excluding hydrogens is 444 g/mol. The molecule has 0 aliphatic heterocycles. The number of hydrogen-bond donors (Lipinski definition) is 0. The van der Waals surface area contributed by atoms with Gasteiger partial charge in [0.2, 0.25) is 5.78 Å². The Bertz CT molecular complexity index is 1210. The average molecular weight is 455 g/mol. The number of allylic oxidation sites excluding steroid dienone is 1. The third kappa shape index (κ3) is 4.86. The van der Waals surface area contributed by atoms with Crippen LogP contribution in [-0.4, -0.2) is 15.6 Å². The van der Waals surface area contributed by atoms with E-state index in [9.17, 15) is 36.4 Å². The molecule has 0 aliphatic rings. The Morgan fingerprint density at radius 2 is 1.81 bits per heavy atom. The summed E-state index contributed by atoms with van der Waals surface area (Å²) in [5, 5.41) is 13.1. The zero-order valence-electron chi connectivity index (χ0n) is 15.5. The molecule has 0 saturated carbocycles. The number of aromatic nitrogens is 2. The van der Waals surface area contributed by atoms with E-state index in [0.29, 0.717) is 20.5 Å². The van der Waals surface area contributed by atoms with Crippen LogP contribution < -0.4 is 0 Å². The first-order valence-electron chi connectivity index (χ1n) is 8.45. The lowest BCUT2D eigenvalue weighted by molar-refractivity contribution is -0.143. The van der Waals surface area contributed by atoms with E-state index in [-0.39, 0.29) is 11.3 Å². The second-order valence-corrected chi connectivity index (χ2v) is 7.43. The average Bonchev–Trinajstić information content (AvgIpc) is 3.31. The maximum atomic E-state index is 12.9. The third-order valence-electron chi connectivity index (χ3n) is 4.15. The molecule has 1 aromatic carbocycles. The molecule has 11 heteroatoms. The number of hydrogen-bond acceptors (Lipinski definition) is 4. The number of carbonyl (C=O) groups excluding carboxylic acids is 1. The van der Waals surface area contributed by atoms with Crippen molar-refractivity contribution in [2.45, 2.75) is 12.4 Å². The normalized spacial score (nSPS) is 12.6. The maximum Gasteiger partial charge on any atom is 0.433 e. The van der Waals surface area contributed by atoms with Gasteiger partial charge in [0.1, 0.15) is 23.0 Å². The highest BCUT2D eigenvalue weighted by atomic mass is 32.1. The molecule has 31 heavy (non-hydrogen) atoms. The van der Waals surface area contributed by atoms with Crippen molar-refractivity contribution in [2.75, 3.05) is 0 Å². The molecule has 2 aromatic heterocycles. The van der Waals surface area contributed by atoms with Crippen LogP contribution in [0.3, 0.4) is 0 Å². The highest BCUT2D eigenvalue weighted by Gasteiger charge is 2.35. The van der Waals surface area contributed by atoms with E-state index >= 15 is 0 Å². The largest absolute Gasteiger partial charge is 0.433 e. The van der Waals surface area contributed by atoms with Gasteiger partial charge < -0.3 is 0 Å². The molecule has 0 N–H and O–H groups in total. The smallest absolute Gasteiger partial charge is 0.288 e. The Kier molecular flexibility index (Phi) is 5.78. The summed E-state index contributed by atoms with van der Waals surface area (Å²) in [5.74, 6) is -0.902. The number of alkyl halides is 6. The van der Waals surface area contributed by atoms with Gasteiger partial charge in [-0.2, -0.15) is 36.7 Å². The standard InChI is InChI=1S/C20H11F6N3OS/c1-29-17(20(24,25)26)9-15(28-29)16-6-5-14(31-16)8-12(10-27)18(30)11-3-2-4-13(7-11)19(21,22)23/h2-9H,1H3. The van der Waals surface area contributed by atoms with Crippen molar-refractivity contribution in [1.29, 1.82) is 5.26 Å². The minimum atomic E-state index is -4.65. The molecule has 0 amide bonds. The van der Waals surface area contributed by atoms with E-state index < -0.39 is 35.0 Å². The molecule has 3 rings (SSSR count). The van der Waals surface area contributed by atoms with E-state index in [4.69, 9.17) is 0 Å². The van der Waals surface area contributed by atoms with Gasteiger partial charge >= 0.3 is 12.4 Å². The fourth-order valence-electron chi connectivity index (χ4n) is 2.70. The lowest BCUT2D eigenvalue weighted by Gasteiger charge is -2.07. The van der Waals surface area contributed by atoms with Gasteiger partial charge in [0.05, 0.1) is 10.4 Å². The number of thiophene rings is 1. The van der Waals surface area contributed by atoms with Crippen LogP contribution in [0.4, 0.5) is 26.3 Å². The molecule has 0 unspecified atom stereocenters. The monoisotopic (exact) mass is 455 g/mol. The molecule has 4 nitrogen and oxygen atoms in total. The van der Waals surface area contributed by atoms with Crippen LogP contribution in [0.2, 0.25) is 0 Å². The number of benzene rings is 1. The molecule has 0 atom stereocenters. The first-order valence-corrected chi connectivity index (χ1v) is 9.27. The van der Waals surface area contributed by atoms with Crippen molar-refractivity contribution in [3.05, 3.63) is 69.7 Å². The van der Waals surface area contributed by atoms with Crippen LogP contribution in [0.5, 0.6) is 0 Å². The molecule has 160 valence electrons. The molecule has 0 spiro atoms. The van der Waals surface area contributed by atoms with Gasteiger partial charge in [-0.3, -0.25) is 9.48 Å². The Morgan fingerprint density at radius 3 is 2.39 bits per heavy atom. The highest BCUT2D eigenvalue weighted by Crippen LogP contribution is 2.35. The number of rotatable bonds is 4. The number of ketones is 1. The summed E-state index contributed by atoms with van der Waals surface area (Å²) in [6.45, 7) is 0. The third-order valence-corrected chi connectivity index (χ3v) is 5.21. The van der Waals surface area contributed by atoms with Gasteiger partial charge in [-0.25, -0.2) is 0 Å². The Labute approximate surface area is 175 Å². The van der Waals surface area contributed by atoms with E-state index in [1.165, 1.54) is 18.2 Å². The summed E-state index contributed by atoms with van der Waals surface area (Å²) < 4.78 is 78.1. The lowest BCUT2D eigenvalue weighted by Crippen LogP contribution is -2.11. The second-order valence-electron chi connectivity index (χ2n) is 6.32. The first-order chi connectivity index (χ1) is 14.4. The van der Waals surface area contributed by atoms with Gasteiger partial charge in [0.15, 0.2) is 0 Å². The number of carbonyl (C=O) groups is 1. The first kappa shape index (κ1) is 22.3. The summed E-state index contributed by atoms with van der Waals surface area (Å²) in [4.78, 5) is 13.2. The van der Waals surface area contributed by atoms with Crippen LogP contribution in [0.15, 0.2) is 48.0 Å². The molecule has 3 aromatic rings. The molecule has 0 radical (unpaired) electrons. The number of halogens is 6. The lowest BCUT2D eigenvalue weighted by atomic mass is 10.0. The quantitative estimate of drug-likeness (QED) is 0.211. The SMILES string of the molecule is Cn1nc(-c2ccc(C=C(C#N)C(=O)c3cccc(C(F)(F)F)c3)s2)cc1C(F)(F)F. The summed E-state index contributed by atoms with van der Waals surface area (Å²) in [6, 6.07) is 9.16. The van der Waals surface area contributed by atoms with Crippen molar-refractivity contribution in [1.82, 2.24) is 9.78 Å². The summed E-state index contributed by atoms with van der Waals surface area (Å²) in [6.07, 6.45) is -8.05. The van der Waals surface area contributed by atoms with Crippen molar-refractivity contribution in [2.24, 2.45) is 7.05 Å². The molecule has 2 heterocycles. The maximum absolute atomic E-state index is 12.9. The predicted molar refractivity (Wildman–Crippen MR) is 101 cm³/mol. The fraction of sp³-hybridized carbons (Fsp3) is 0.150. The van der Waals surface area contributed by atoms with E-state index in [2.05, 4.69) is 5.10 Å². The number of Topliss-reactive ketones (excluding diaryl/α,β-unsaturated/α-hetero) is 1. The number of nitriles is 1. The van der Waals surface area contributed by atoms with Gasteiger partial charge in [-0.15, -0.1) is 11.3 Å². The minimum absolute atomic E-state index is 0.0576. The fourth-order valence-corrected chi connectivity index (χ4v) is 3.61. The van der Waals surface area contributed by atoms with Crippen LogP contribution >= 0.6 is 11.3 Å². The Balaban J connectivity index is 1.91. The molecule has 0 fully saturated rings. The Hall–Kier alpha value is -3.39. The van der Waals surface area contributed by atoms with Gasteiger partial charge in [-0.1, -0.05) is 12.1 Å². The van der Waals surface area contributed by atoms with Crippen molar-refractivity contribution in [3.8, 4) is 16.6 Å². The molecule has 0 bridgehead atoms. The van der Waals surface area contributed by atoms with Crippen LogP contribution in [0.25, 0.3) is 16.6 Å². The van der Waals surface area contributed by atoms with Crippen LogP contribution in [0, 0.1) is 11.3 Å². The number of aryl methyl sites for hydroxylation is 1. The topological polar surface area (TPSA) is 58.7 Å². The van der Waals surface area contributed by atoms with E-state index in [1.54, 1.807) is 6.07 Å². The van der Waals surface area contributed by atoms with Crippen molar-refractivity contribution >= 4 is 23.2 Å². The number of nitrogens with zero attached hydrogens (tertiary/aromatic N) is 3. The van der Waals surface area contributed by atoms with Crippen LogP contribution in [-0.2, 0) is 19.4 Å². The molecule has 0 saturated heterocycles. The molecule has 0 aliphatic carbocycles. The summed E-state index contributed by atoms with van der Waals surface area (Å²) in [5.41, 5.74) is -2.62. The Morgan fingerprint density at radius 1 is 1.10 bits per heavy atom. The predicted octanol–water partition coefficient (Wildman–Crippen LogP) is 5.98. The van der Waals surface area contributed by atoms with E-state index in [1.807, 2.05) is 0 Å². The van der Waals surface area contributed by atoms with Gasteiger partial charge in [-0.05, 0) is 36.4 Å². The minimum Gasteiger partial charge on any atom is -0.288 e. The van der Waals surface area contributed by atoms with Gasteiger partial charge in [0.25, 0.3) is 0 Å². The summed E-state index contributed by atoms with van der Waals surface area (Å²) in [7, 11) is 1.16. The zero-order chi connectivity index (χ0) is 23.0. The van der Waals surface area contributed by atoms with Crippen molar-refractivity contribution in [3.63, 3.8) is 0 Å². The second kappa shape index (κ2) is 8.03. The van der Waals surface area contributed by atoms with Gasteiger partial charge in [0, 0.05) is 17.5 Å². The van der Waals surface area contributed by atoms with Crippen LogP contribution in [0.1, 0.15) is 26.5 Å². The summed E-state index contributed by atoms with van der Waals surface area (Å²) >= 11 is 0.979. The van der Waals surface area contributed by atoms with E-state index in [0.717, 1.165) is 42.6 Å². The zero-order valence-corrected chi connectivity index (χ0v) is 16.4. The molecular formula is C20H11F6N3OS. The highest BCUT2D eigenvalue weighted by molar-refractivity contribution is 7.16. The van der Waals surface area contributed by atoms with Crippen molar-refractivity contribution < 1.29 is 31.1 Å².